The molecule has 0 aliphatic carbocycles. The Kier molecular flexibility index (Phi) is 55.2. The Bertz CT molecular complexity index is 4640. The fourth-order valence-corrected chi connectivity index (χ4v) is 12.8. The van der Waals surface area contributed by atoms with Gasteiger partial charge in [0.1, 0.15) is 17.3 Å². The van der Waals surface area contributed by atoms with Crippen LogP contribution in [-0.2, 0) is 0 Å². The van der Waals surface area contributed by atoms with Gasteiger partial charge < -0.3 is 19.7 Å². The SMILES string of the molecule is CC(C)c1c(F)cccc1Cl.CC(C)c1cccc(C(=O)N(C)C)c1.CC(F)Oc1cccc(C(C)C)c1.CCNC(=O)c1cccc(C(C)C)c1.COc1cccc(C(C)C)c1.Cc1ccc(C(C)C)c(Cl)c1.Cc1ccc(C(C)C)cc1C.Cc1cccc(C(C)C)c1.Cc1cccc(C(C)C)c1.Cc1cccc(C(C)C)c1.Cc1cncc(C(C)C)c1. The number of aromatic nitrogens is 1. The molecule has 0 fully saturated rings. The van der Waals surface area contributed by atoms with Crippen molar-refractivity contribution in [1.29, 1.82) is 0 Å². The zero-order valence-corrected chi connectivity index (χ0v) is 84.3. The van der Waals surface area contributed by atoms with Crippen LogP contribution in [-0.4, -0.2) is 55.8 Å². The van der Waals surface area contributed by atoms with Crippen LogP contribution in [0, 0.1) is 54.3 Å². The standard InChI is InChI=1S/2C12H17NO.C11H15FO.C11H16.C10H13Cl.C10H14O.3C10H14.C9H10ClF.C9H13N/c1-9(2)10-6-5-7-11(8-10)12(14)13(3)4;1-4-13-12(14)11-7-5-6-10(8-11)9(2)3;1-8(2)10-5-4-6-11(7-10)13-9(3)12;1-8(2)11-6-5-9(3)10(4)7-11;1-7(2)9-5-4-8(3)6-10(9)11;1-8(2)9-5-4-6-10(7-9)11-3;3*1-8(2)10-6-4-5-9(3)7-10;1-6(2)9-7(10)4-3-5-8(9)11;1-7(2)9-4-8(3)5-10-6-9/h5-9H,1-4H3;5-9H,4H2,1-3H3,(H,13,14);4-9H,1-3H3;5-8H,1-4H3;4-7H,1-3H3;4-8H,1-3H3;3*4-8H,1-3H3;3-6H,1-2H3;4-7H,1-3H3. The van der Waals surface area contributed by atoms with Gasteiger partial charge in [-0.1, -0.05) is 356 Å². The number of aryl methyl sites for hydroxylation is 7. The van der Waals surface area contributed by atoms with E-state index in [-0.39, 0.29) is 23.5 Å². The predicted molar refractivity (Wildman–Crippen MR) is 541 cm³/mol. The van der Waals surface area contributed by atoms with Gasteiger partial charge in [-0.25, -0.2) is 8.78 Å². The highest BCUT2D eigenvalue weighted by atomic mass is 35.5. The van der Waals surface area contributed by atoms with Crippen LogP contribution in [0.25, 0.3) is 0 Å². The number of halogens is 4. The van der Waals surface area contributed by atoms with E-state index in [1.165, 1.54) is 102 Å². The minimum Gasteiger partial charge on any atom is -0.497 e. The molecule has 11 heteroatoms. The fourth-order valence-electron chi connectivity index (χ4n) is 12.0. The molecule has 2 amide bonds. The normalized spacial score (nSPS) is 10.7. The van der Waals surface area contributed by atoms with Crippen molar-refractivity contribution in [2.24, 2.45) is 0 Å². The van der Waals surface area contributed by atoms with Crippen LogP contribution in [0.15, 0.2) is 243 Å². The quantitative estimate of drug-likeness (QED) is 0.0982. The van der Waals surface area contributed by atoms with Gasteiger partial charge in [0.25, 0.3) is 11.8 Å². The molecular formula is C114H157Cl2F2N3O4. The maximum absolute atomic E-state index is 13.0. The minimum absolute atomic E-state index is 0.00926. The van der Waals surface area contributed by atoms with E-state index in [1.54, 1.807) is 44.3 Å². The number of methoxy groups -OCH3 is 1. The second-order valence-corrected chi connectivity index (χ2v) is 36.4. The highest BCUT2D eigenvalue weighted by Gasteiger charge is 2.13. The van der Waals surface area contributed by atoms with Gasteiger partial charge >= 0.3 is 0 Å². The second-order valence-electron chi connectivity index (χ2n) is 35.6. The number of pyridine rings is 1. The van der Waals surface area contributed by atoms with Crippen molar-refractivity contribution in [2.45, 2.75) is 286 Å². The number of rotatable bonds is 17. The summed E-state index contributed by atoms with van der Waals surface area (Å²) in [6.45, 7) is 66.1. The first kappa shape index (κ1) is 113. The highest BCUT2D eigenvalue weighted by molar-refractivity contribution is 6.31. The van der Waals surface area contributed by atoms with E-state index in [2.05, 4.69) is 325 Å². The van der Waals surface area contributed by atoms with E-state index >= 15 is 0 Å². The third kappa shape index (κ3) is 46.9. The van der Waals surface area contributed by atoms with Gasteiger partial charge in [0, 0.05) is 66.7 Å². The topological polar surface area (TPSA) is 80.8 Å². The second kappa shape index (κ2) is 60.9. The lowest BCUT2D eigenvalue weighted by Gasteiger charge is -2.12. The third-order valence-corrected chi connectivity index (χ3v) is 20.8. The van der Waals surface area contributed by atoms with Crippen LogP contribution >= 0.6 is 23.2 Å². The molecule has 0 bridgehead atoms. The van der Waals surface area contributed by atoms with E-state index < -0.39 is 6.36 Å². The molecule has 1 heterocycles. The molecule has 7 nitrogen and oxygen atoms in total. The number of nitrogens with one attached hydrogen (secondary N) is 1. The Labute approximate surface area is 768 Å². The van der Waals surface area contributed by atoms with Crippen molar-refractivity contribution in [2.75, 3.05) is 27.7 Å². The maximum atomic E-state index is 13.0. The fraction of sp³-hybridized carbons (Fsp3) is 0.412. The number of alkyl halides is 1. The van der Waals surface area contributed by atoms with Crippen molar-refractivity contribution in [1.82, 2.24) is 15.2 Å². The lowest BCUT2D eigenvalue weighted by molar-refractivity contribution is 0.0826. The Morgan fingerprint density at radius 3 is 1.06 bits per heavy atom. The molecule has 0 saturated heterocycles. The zero-order chi connectivity index (χ0) is 94.9. The molecule has 1 N–H and O–H groups in total. The molecular weight excluding hydrogens is 1580 g/mol. The summed E-state index contributed by atoms with van der Waals surface area (Å²) in [6, 6.07) is 77.1. The molecule has 0 radical (unpaired) electrons. The first-order valence-electron chi connectivity index (χ1n) is 44.8. The van der Waals surface area contributed by atoms with Gasteiger partial charge in [-0.2, -0.15) is 0 Å². The first-order valence-corrected chi connectivity index (χ1v) is 45.5. The van der Waals surface area contributed by atoms with Gasteiger partial charge in [-0.05, 0) is 265 Å². The van der Waals surface area contributed by atoms with Crippen LogP contribution in [0.4, 0.5) is 8.78 Å². The maximum Gasteiger partial charge on any atom is 0.253 e. The summed E-state index contributed by atoms with van der Waals surface area (Å²) < 4.78 is 35.6. The number of carbonyl (C=O) groups excluding carboxylic acids is 2. The summed E-state index contributed by atoms with van der Waals surface area (Å²) in [5.74, 6) is 7.19. The van der Waals surface area contributed by atoms with Gasteiger partial charge in [0.2, 0.25) is 6.36 Å². The average Bonchev–Trinajstić information content (AvgIpc) is 0.886. The van der Waals surface area contributed by atoms with Crippen molar-refractivity contribution in [3.05, 3.63) is 370 Å². The van der Waals surface area contributed by atoms with Crippen molar-refractivity contribution in [3.63, 3.8) is 0 Å². The number of benzene rings is 10. The van der Waals surface area contributed by atoms with Gasteiger partial charge in [-0.15, -0.1) is 0 Å². The van der Waals surface area contributed by atoms with Crippen LogP contribution in [0.1, 0.15) is 352 Å². The number of hydrogen-bond acceptors (Lipinski definition) is 5. The van der Waals surface area contributed by atoms with Crippen molar-refractivity contribution >= 4 is 35.0 Å². The summed E-state index contributed by atoms with van der Waals surface area (Å²) in [5.41, 5.74) is 24.6. The smallest absolute Gasteiger partial charge is 0.253 e. The lowest BCUT2D eigenvalue weighted by Crippen LogP contribution is -2.22. The molecule has 680 valence electrons. The number of nitrogens with zero attached hydrogens (tertiary/aromatic N) is 2. The number of ether oxygens (including phenoxy) is 2. The van der Waals surface area contributed by atoms with Gasteiger partial charge in [0.15, 0.2) is 0 Å². The summed E-state index contributed by atoms with van der Waals surface area (Å²) in [4.78, 5) is 28.9. The lowest BCUT2D eigenvalue weighted by atomic mass is 9.99. The number of amides is 2. The van der Waals surface area contributed by atoms with Crippen molar-refractivity contribution in [3.8, 4) is 11.5 Å². The number of hydrogen-bond donors (Lipinski definition) is 1. The van der Waals surface area contributed by atoms with Gasteiger partial charge in [-0.3, -0.25) is 14.6 Å². The molecule has 0 saturated carbocycles. The molecule has 11 aromatic rings. The molecule has 1 aromatic heterocycles. The van der Waals surface area contributed by atoms with Crippen molar-refractivity contribution < 1.29 is 27.8 Å². The van der Waals surface area contributed by atoms with E-state index in [0.717, 1.165) is 27.5 Å². The first-order chi connectivity index (χ1) is 58.6. The zero-order valence-electron chi connectivity index (χ0n) is 82.8. The molecule has 11 rings (SSSR count). The summed E-state index contributed by atoms with van der Waals surface area (Å²) in [7, 11) is 5.23. The van der Waals surface area contributed by atoms with E-state index in [4.69, 9.17) is 32.7 Å². The van der Waals surface area contributed by atoms with Crippen LogP contribution in [0.5, 0.6) is 11.5 Å². The summed E-state index contributed by atoms with van der Waals surface area (Å²) in [5, 5.41) is 4.19. The molecule has 10 aromatic carbocycles. The Balaban J connectivity index is 0.000000689. The molecule has 125 heavy (non-hydrogen) atoms. The average molecular weight is 1740 g/mol. The Morgan fingerprint density at radius 2 is 0.720 bits per heavy atom. The van der Waals surface area contributed by atoms with Gasteiger partial charge in [0.05, 0.1) is 7.11 Å². The largest absolute Gasteiger partial charge is 0.497 e. The van der Waals surface area contributed by atoms with Crippen LogP contribution in [0.3, 0.4) is 0 Å². The highest BCUT2D eigenvalue weighted by Crippen LogP contribution is 2.29. The molecule has 0 aliphatic rings. The summed E-state index contributed by atoms with van der Waals surface area (Å²) >= 11 is 11.8. The molecule has 1 atom stereocenters. The van der Waals surface area contributed by atoms with Crippen LogP contribution in [0.2, 0.25) is 10.0 Å². The van der Waals surface area contributed by atoms with E-state index in [0.29, 0.717) is 82.1 Å². The summed E-state index contributed by atoms with van der Waals surface area (Å²) in [6.07, 6.45) is 2.56. The monoisotopic (exact) mass is 1740 g/mol. The van der Waals surface area contributed by atoms with E-state index in [1.807, 2.05) is 112 Å². The minimum atomic E-state index is -1.25. The van der Waals surface area contributed by atoms with E-state index in [9.17, 15) is 18.4 Å². The molecule has 0 spiro atoms. The van der Waals surface area contributed by atoms with Crippen LogP contribution < -0.4 is 14.8 Å². The molecule has 1 unspecified atom stereocenters. The Morgan fingerprint density at radius 1 is 0.360 bits per heavy atom. The predicted octanol–water partition coefficient (Wildman–Crippen LogP) is 34.1. The Hall–Kier alpha value is -9.67. The molecule has 0 aliphatic heterocycles. The third-order valence-electron chi connectivity index (χ3n) is 20.2. The number of carbonyl (C=O) groups is 2.